The molecule has 6 rings (SSSR count). The molecule has 3 atom stereocenters. The van der Waals surface area contributed by atoms with Crippen molar-refractivity contribution in [2.45, 2.75) is 37.6 Å². The summed E-state index contributed by atoms with van der Waals surface area (Å²) in [5.74, 6) is -0.0521. The molecule has 1 aliphatic carbocycles. The predicted molar refractivity (Wildman–Crippen MR) is 132 cm³/mol. The van der Waals surface area contributed by atoms with Crippen LogP contribution in [0.5, 0.6) is 0 Å². The maximum atomic E-state index is 13.6. The Morgan fingerprint density at radius 3 is 2.73 bits per heavy atom. The fourth-order valence-corrected chi connectivity index (χ4v) is 5.57. The normalized spacial score (nSPS) is 20.9. The number of nitrogen functional groups attached to an aromatic ring is 1. The van der Waals surface area contributed by atoms with Gasteiger partial charge in [0.25, 0.3) is 0 Å². The van der Waals surface area contributed by atoms with Gasteiger partial charge in [-0.3, -0.25) is 9.59 Å². The highest BCUT2D eigenvalue weighted by Crippen LogP contribution is 2.48. The standard InChI is InChI=1S/C24H19BrF3N7O2/c25-17-2-1-3-18(32-17)33-23(37)16-7-11-6-15(11)35(16)19(36)9-34-14-5-4-12(24(26,27)28)8-13(14)20-21(29)30-10-31-22(20)34/h1-5,8,10-11,15-16H,6-7,9H2,(H2,29,30,31)(H,32,33,37)/t11-,15+,16?/m1/s1. The van der Waals surface area contributed by atoms with E-state index in [0.29, 0.717) is 22.4 Å². The molecule has 37 heavy (non-hydrogen) atoms. The molecule has 2 aliphatic rings. The Bertz CT molecular complexity index is 1590. The van der Waals surface area contributed by atoms with Gasteiger partial charge in [-0.1, -0.05) is 6.07 Å². The third-order valence-electron chi connectivity index (χ3n) is 6.95. The zero-order chi connectivity index (χ0) is 26.1. The van der Waals surface area contributed by atoms with Crippen LogP contribution in [0.25, 0.3) is 21.9 Å². The summed E-state index contributed by atoms with van der Waals surface area (Å²) in [6.07, 6.45) is -2.01. The van der Waals surface area contributed by atoms with Crippen LogP contribution in [-0.2, 0) is 22.3 Å². The number of nitrogens with one attached hydrogen (secondary N) is 1. The van der Waals surface area contributed by atoms with Crippen LogP contribution in [0.3, 0.4) is 0 Å². The van der Waals surface area contributed by atoms with E-state index in [9.17, 15) is 22.8 Å². The lowest BCUT2D eigenvalue weighted by Gasteiger charge is -2.27. The number of likely N-dealkylation sites (tertiary alicyclic amines) is 1. The van der Waals surface area contributed by atoms with E-state index in [1.165, 1.54) is 17.0 Å². The third-order valence-corrected chi connectivity index (χ3v) is 7.39. The Hall–Kier alpha value is -3.74. The summed E-state index contributed by atoms with van der Waals surface area (Å²) in [6.45, 7) is -0.218. The molecule has 2 fully saturated rings. The number of piperidine rings is 1. The van der Waals surface area contributed by atoms with Gasteiger partial charge in [0, 0.05) is 11.4 Å². The van der Waals surface area contributed by atoms with Crippen molar-refractivity contribution >= 4 is 61.3 Å². The van der Waals surface area contributed by atoms with Crippen molar-refractivity contribution in [3.63, 3.8) is 0 Å². The first-order valence-electron chi connectivity index (χ1n) is 11.5. The number of fused-ring (bicyclic) bond motifs is 4. The van der Waals surface area contributed by atoms with Gasteiger partial charge in [-0.2, -0.15) is 13.2 Å². The van der Waals surface area contributed by atoms with Gasteiger partial charge in [-0.15, -0.1) is 0 Å². The summed E-state index contributed by atoms with van der Waals surface area (Å²) in [7, 11) is 0. The van der Waals surface area contributed by atoms with Crippen molar-refractivity contribution in [1.29, 1.82) is 0 Å². The predicted octanol–water partition coefficient (Wildman–Crippen LogP) is 3.97. The number of nitrogens with zero attached hydrogens (tertiary/aromatic N) is 5. The minimum atomic E-state index is -4.55. The fraction of sp³-hybridized carbons (Fsp3) is 0.292. The summed E-state index contributed by atoms with van der Waals surface area (Å²) in [5.41, 5.74) is 5.80. The highest BCUT2D eigenvalue weighted by atomic mass is 79.9. The van der Waals surface area contributed by atoms with E-state index in [-0.39, 0.29) is 52.6 Å². The number of carbonyl (C=O) groups excluding carboxylic acids is 2. The maximum absolute atomic E-state index is 13.6. The number of anilines is 2. The van der Waals surface area contributed by atoms with Gasteiger partial charge in [-0.25, -0.2) is 15.0 Å². The van der Waals surface area contributed by atoms with Gasteiger partial charge in [0.15, 0.2) is 0 Å². The Balaban J connectivity index is 1.34. The first-order valence-corrected chi connectivity index (χ1v) is 12.3. The Morgan fingerprint density at radius 1 is 1.16 bits per heavy atom. The second kappa shape index (κ2) is 8.40. The van der Waals surface area contributed by atoms with Crippen LogP contribution in [0.15, 0.2) is 47.3 Å². The second-order valence-corrected chi connectivity index (χ2v) is 10.0. The van der Waals surface area contributed by atoms with Gasteiger partial charge in [-0.05, 0) is 65.0 Å². The highest BCUT2D eigenvalue weighted by molar-refractivity contribution is 9.10. The van der Waals surface area contributed by atoms with Crippen molar-refractivity contribution in [2.75, 3.05) is 11.1 Å². The van der Waals surface area contributed by atoms with Crippen molar-refractivity contribution in [1.82, 2.24) is 24.4 Å². The van der Waals surface area contributed by atoms with E-state index in [2.05, 4.69) is 36.2 Å². The Morgan fingerprint density at radius 2 is 1.97 bits per heavy atom. The monoisotopic (exact) mass is 573 g/mol. The highest BCUT2D eigenvalue weighted by Gasteiger charge is 2.56. The summed E-state index contributed by atoms with van der Waals surface area (Å²) < 4.78 is 42.3. The molecule has 1 unspecified atom stereocenters. The van der Waals surface area contributed by atoms with Gasteiger partial charge < -0.3 is 20.5 Å². The fourth-order valence-electron chi connectivity index (χ4n) is 5.23. The average molecular weight is 574 g/mol. The van der Waals surface area contributed by atoms with Crippen molar-refractivity contribution < 1.29 is 22.8 Å². The van der Waals surface area contributed by atoms with Crippen LogP contribution in [0.4, 0.5) is 24.8 Å². The molecule has 1 aromatic carbocycles. The largest absolute Gasteiger partial charge is 0.416 e. The van der Waals surface area contributed by atoms with Crippen molar-refractivity contribution in [3.05, 3.63) is 52.9 Å². The van der Waals surface area contributed by atoms with Crippen LogP contribution in [-0.4, -0.2) is 48.3 Å². The molecule has 3 N–H and O–H groups in total. The molecule has 4 aromatic rings. The first kappa shape index (κ1) is 23.6. The molecule has 0 radical (unpaired) electrons. The van der Waals surface area contributed by atoms with Gasteiger partial charge in [0.2, 0.25) is 11.8 Å². The minimum absolute atomic E-state index is 0.0164. The number of aromatic nitrogens is 4. The second-order valence-electron chi connectivity index (χ2n) is 9.22. The average Bonchev–Trinajstić information content (AvgIpc) is 3.38. The van der Waals surface area contributed by atoms with Gasteiger partial charge in [0.05, 0.1) is 16.5 Å². The lowest BCUT2D eigenvalue weighted by molar-refractivity contribution is -0.138. The molecule has 2 amide bonds. The summed E-state index contributed by atoms with van der Waals surface area (Å²) in [6, 6.07) is 7.65. The van der Waals surface area contributed by atoms with Crippen LogP contribution in [0.1, 0.15) is 18.4 Å². The number of amides is 2. The first-order chi connectivity index (χ1) is 17.6. The van der Waals surface area contributed by atoms with Crippen molar-refractivity contribution in [3.8, 4) is 0 Å². The maximum Gasteiger partial charge on any atom is 0.416 e. The number of benzene rings is 1. The molecule has 9 nitrogen and oxygen atoms in total. The molecule has 13 heteroatoms. The molecular formula is C24H19BrF3N7O2. The van der Waals surface area contributed by atoms with E-state index in [4.69, 9.17) is 5.73 Å². The summed E-state index contributed by atoms with van der Waals surface area (Å²) in [5, 5.41) is 3.22. The van der Waals surface area contributed by atoms with Crippen LogP contribution in [0, 0.1) is 5.92 Å². The minimum Gasteiger partial charge on any atom is -0.383 e. The van der Waals surface area contributed by atoms with Crippen LogP contribution in [0.2, 0.25) is 0 Å². The molecule has 0 spiro atoms. The number of hydrogen-bond donors (Lipinski definition) is 2. The van der Waals surface area contributed by atoms with E-state index in [1.807, 2.05) is 0 Å². The van der Waals surface area contributed by atoms with E-state index < -0.39 is 17.8 Å². The van der Waals surface area contributed by atoms with Crippen LogP contribution < -0.4 is 11.1 Å². The van der Waals surface area contributed by atoms with Crippen molar-refractivity contribution in [2.24, 2.45) is 5.92 Å². The number of hydrogen-bond acceptors (Lipinski definition) is 6. The zero-order valence-electron chi connectivity index (χ0n) is 19.0. The third kappa shape index (κ3) is 4.06. The topological polar surface area (TPSA) is 119 Å². The number of pyridine rings is 1. The van der Waals surface area contributed by atoms with E-state index >= 15 is 0 Å². The quantitative estimate of drug-likeness (QED) is 0.356. The van der Waals surface area contributed by atoms with Crippen LogP contribution >= 0.6 is 15.9 Å². The molecular weight excluding hydrogens is 555 g/mol. The van der Waals surface area contributed by atoms with Gasteiger partial charge in [0.1, 0.15) is 40.8 Å². The zero-order valence-corrected chi connectivity index (χ0v) is 20.6. The molecule has 3 aromatic heterocycles. The summed E-state index contributed by atoms with van der Waals surface area (Å²) in [4.78, 5) is 40.7. The molecule has 1 aliphatic heterocycles. The smallest absolute Gasteiger partial charge is 0.383 e. The molecule has 190 valence electrons. The Kier molecular flexibility index (Phi) is 5.37. The SMILES string of the molecule is Nc1ncnc2c1c1cc(C(F)(F)F)ccc1n2CC(=O)N1C(C(=O)Nc2cccc(Br)n2)C[C@H]2C[C@@H]21. The molecule has 0 bridgehead atoms. The Labute approximate surface area is 216 Å². The number of rotatable bonds is 4. The number of carbonyl (C=O) groups is 2. The van der Waals surface area contributed by atoms with Gasteiger partial charge >= 0.3 is 6.18 Å². The van der Waals surface area contributed by atoms with E-state index in [0.717, 1.165) is 18.6 Å². The lowest BCUT2D eigenvalue weighted by atomic mass is 10.1. The number of halogens is 4. The summed E-state index contributed by atoms with van der Waals surface area (Å²) >= 11 is 3.27. The molecule has 1 saturated heterocycles. The molecule has 1 saturated carbocycles. The number of alkyl halides is 3. The number of nitrogens with two attached hydrogens (primary N) is 1. The molecule has 4 heterocycles. The van der Waals surface area contributed by atoms with E-state index in [1.54, 1.807) is 23.1 Å². The lowest BCUT2D eigenvalue weighted by Crippen LogP contribution is -2.46.